The molecule has 1 heterocycles. The summed E-state index contributed by atoms with van der Waals surface area (Å²) in [5, 5.41) is -0.125. The first kappa shape index (κ1) is 15.9. The van der Waals surface area contributed by atoms with Gasteiger partial charge in [-0.2, -0.15) is 0 Å². The van der Waals surface area contributed by atoms with Gasteiger partial charge in [0.15, 0.2) is 0 Å². The third-order valence-corrected chi connectivity index (χ3v) is 5.36. The first-order chi connectivity index (χ1) is 9.93. The molecule has 0 saturated carbocycles. The summed E-state index contributed by atoms with van der Waals surface area (Å²) in [6.07, 6.45) is 2.07. The molecule has 2 aromatic rings. The fraction of sp³-hybridized carbons (Fsp3) is 0.214. The molecule has 0 aliphatic heterocycles. The minimum Gasteiger partial charge on any atom is -0.261 e. The van der Waals surface area contributed by atoms with Crippen molar-refractivity contribution >= 4 is 21.6 Å². The smallest absolute Gasteiger partial charge is 0.247 e. The summed E-state index contributed by atoms with van der Waals surface area (Å²) in [6, 6.07) is 9.20. The van der Waals surface area contributed by atoms with Crippen molar-refractivity contribution in [3.05, 3.63) is 59.1 Å². The van der Waals surface area contributed by atoms with Crippen LogP contribution in [0.15, 0.2) is 47.5 Å². The topological polar surface area (TPSA) is 50.3 Å². The van der Waals surface area contributed by atoms with E-state index in [9.17, 15) is 12.8 Å². The number of pyridine rings is 1. The van der Waals surface area contributed by atoms with E-state index in [-0.39, 0.29) is 11.6 Å². The number of sulfonamides is 1. The molecule has 0 aliphatic rings. The van der Waals surface area contributed by atoms with E-state index < -0.39 is 20.7 Å². The van der Waals surface area contributed by atoms with Crippen LogP contribution in [0.1, 0.15) is 5.69 Å². The number of hydrogen-bond donors (Lipinski definition) is 0. The molecule has 0 saturated heterocycles. The predicted molar refractivity (Wildman–Crippen MR) is 79.2 cm³/mol. The number of rotatable bonds is 5. The van der Waals surface area contributed by atoms with Gasteiger partial charge in [0.25, 0.3) is 0 Å². The molecule has 7 heteroatoms. The fourth-order valence-corrected chi connectivity index (χ4v) is 3.55. The molecule has 0 N–H and O–H groups in total. The fourth-order valence-electron chi connectivity index (χ4n) is 1.82. The summed E-state index contributed by atoms with van der Waals surface area (Å²) in [4.78, 5) is 3.63. The van der Waals surface area contributed by atoms with Gasteiger partial charge in [-0.15, -0.1) is 0 Å². The lowest BCUT2D eigenvalue weighted by Crippen LogP contribution is -2.30. The van der Waals surface area contributed by atoms with Crippen molar-refractivity contribution in [2.24, 2.45) is 0 Å². The minimum absolute atomic E-state index is 0.125. The second kappa shape index (κ2) is 6.51. The van der Waals surface area contributed by atoms with Crippen molar-refractivity contribution in [3.63, 3.8) is 0 Å². The lowest BCUT2D eigenvalue weighted by molar-refractivity contribution is 0.464. The van der Waals surface area contributed by atoms with Crippen molar-refractivity contribution in [3.8, 4) is 0 Å². The maximum absolute atomic E-state index is 13.8. The van der Waals surface area contributed by atoms with Crippen LogP contribution in [0, 0.1) is 5.82 Å². The standard InChI is InChI=1S/C14H14ClFN2O2S/c1-18(10-8-11-5-2-3-9-17-11)21(19,20)14-12(15)6-4-7-13(14)16/h2-7,9H,8,10H2,1H3. The maximum Gasteiger partial charge on any atom is 0.247 e. The molecular weight excluding hydrogens is 315 g/mol. The molecule has 1 aromatic carbocycles. The number of benzene rings is 1. The van der Waals surface area contributed by atoms with Crippen LogP contribution >= 0.6 is 11.6 Å². The highest BCUT2D eigenvalue weighted by atomic mass is 35.5. The Morgan fingerprint density at radius 1 is 1.24 bits per heavy atom. The van der Waals surface area contributed by atoms with Gasteiger partial charge in [-0.3, -0.25) is 4.98 Å². The van der Waals surface area contributed by atoms with Crippen molar-refractivity contribution in [1.29, 1.82) is 0 Å². The number of halogens is 2. The molecule has 112 valence electrons. The Bertz CT molecular complexity index is 703. The summed E-state index contributed by atoms with van der Waals surface area (Å²) in [5.41, 5.74) is 0.763. The Morgan fingerprint density at radius 3 is 2.62 bits per heavy atom. The van der Waals surface area contributed by atoms with Crippen LogP contribution in [0.25, 0.3) is 0 Å². The average molecular weight is 329 g/mol. The number of nitrogens with zero attached hydrogens (tertiary/aromatic N) is 2. The van der Waals surface area contributed by atoms with E-state index in [1.807, 2.05) is 6.07 Å². The number of likely N-dealkylation sites (N-methyl/N-ethyl adjacent to an activating group) is 1. The summed E-state index contributed by atoms with van der Waals surface area (Å²) in [7, 11) is -2.58. The van der Waals surface area contributed by atoms with Crippen LogP contribution in [-0.2, 0) is 16.4 Å². The SMILES string of the molecule is CN(CCc1ccccn1)S(=O)(=O)c1c(F)cccc1Cl. The summed E-state index contributed by atoms with van der Waals surface area (Å²) < 4.78 is 39.6. The first-order valence-corrected chi connectivity index (χ1v) is 8.05. The Hall–Kier alpha value is -1.50. The van der Waals surface area contributed by atoms with Crippen LogP contribution in [0.2, 0.25) is 5.02 Å². The quantitative estimate of drug-likeness (QED) is 0.848. The Morgan fingerprint density at radius 2 is 2.00 bits per heavy atom. The largest absolute Gasteiger partial charge is 0.261 e. The molecule has 0 unspecified atom stereocenters. The monoisotopic (exact) mass is 328 g/mol. The normalized spacial score (nSPS) is 11.8. The molecule has 2 rings (SSSR count). The Balaban J connectivity index is 2.19. The van der Waals surface area contributed by atoms with Crippen molar-refractivity contribution in [1.82, 2.24) is 9.29 Å². The van der Waals surface area contributed by atoms with Crippen LogP contribution in [0.3, 0.4) is 0 Å². The molecule has 0 radical (unpaired) electrons. The van der Waals surface area contributed by atoms with Crippen LogP contribution < -0.4 is 0 Å². The molecule has 0 bridgehead atoms. The third kappa shape index (κ3) is 3.58. The molecule has 4 nitrogen and oxygen atoms in total. The van der Waals surface area contributed by atoms with E-state index in [0.29, 0.717) is 6.42 Å². The summed E-state index contributed by atoms with van der Waals surface area (Å²) in [6.45, 7) is 0.185. The van der Waals surface area contributed by atoms with Gasteiger partial charge in [-0.25, -0.2) is 17.1 Å². The molecule has 0 fully saturated rings. The van der Waals surface area contributed by atoms with Crippen molar-refractivity contribution in [2.75, 3.05) is 13.6 Å². The molecule has 0 aliphatic carbocycles. The Labute approximate surface area is 128 Å². The van der Waals surface area contributed by atoms with Gasteiger partial charge in [0.2, 0.25) is 10.0 Å². The third-order valence-electron chi connectivity index (χ3n) is 3.00. The van der Waals surface area contributed by atoms with E-state index >= 15 is 0 Å². The number of aromatic nitrogens is 1. The lowest BCUT2D eigenvalue weighted by atomic mass is 10.3. The van der Waals surface area contributed by atoms with Gasteiger partial charge in [0.05, 0.1) is 5.02 Å². The van der Waals surface area contributed by atoms with E-state index in [0.717, 1.165) is 16.1 Å². The highest BCUT2D eigenvalue weighted by molar-refractivity contribution is 7.89. The van der Waals surface area contributed by atoms with Gasteiger partial charge in [-0.05, 0) is 24.3 Å². The van der Waals surface area contributed by atoms with E-state index in [4.69, 9.17) is 11.6 Å². The maximum atomic E-state index is 13.8. The molecule has 0 atom stereocenters. The zero-order valence-corrected chi connectivity index (χ0v) is 12.9. The average Bonchev–Trinajstić information content (AvgIpc) is 2.45. The zero-order chi connectivity index (χ0) is 15.5. The summed E-state index contributed by atoms with van der Waals surface area (Å²) in [5.74, 6) is -0.854. The van der Waals surface area contributed by atoms with E-state index in [1.54, 1.807) is 18.3 Å². The molecular formula is C14H14ClFN2O2S. The second-order valence-corrected chi connectivity index (χ2v) is 6.84. The van der Waals surface area contributed by atoms with Crippen molar-refractivity contribution in [2.45, 2.75) is 11.3 Å². The van der Waals surface area contributed by atoms with Crippen molar-refractivity contribution < 1.29 is 12.8 Å². The molecule has 21 heavy (non-hydrogen) atoms. The van der Waals surface area contributed by atoms with Gasteiger partial charge in [0, 0.05) is 31.9 Å². The van der Waals surface area contributed by atoms with Crippen LogP contribution in [0.4, 0.5) is 4.39 Å². The molecule has 1 aromatic heterocycles. The van der Waals surface area contributed by atoms with Gasteiger partial charge in [0.1, 0.15) is 10.7 Å². The number of hydrogen-bond acceptors (Lipinski definition) is 3. The highest BCUT2D eigenvalue weighted by Crippen LogP contribution is 2.26. The van der Waals surface area contributed by atoms with E-state index in [2.05, 4.69) is 4.98 Å². The molecule has 0 amide bonds. The van der Waals surface area contributed by atoms with Crippen LogP contribution in [0.5, 0.6) is 0 Å². The van der Waals surface area contributed by atoms with Gasteiger partial charge in [-0.1, -0.05) is 23.7 Å². The van der Waals surface area contributed by atoms with E-state index in [1.165, 1.54) is 19.2 Å². The van der Waals surface area contributed by atoms with Crippen LogP contribution in [-0.4, -0.2) is 31.3 Å². The lowest BCUT2D eigenvalue weighted by Gasteiger charge is -2.18. The second-order valence-electron chi connectivity index (χ2n) is 4.45. The molecule has 0 spiro atoms. The minimum atomic E-state index is -3.97. The summed E-state index contributed by atoms with van der Waals surface area (Å²) >= 11 is 5.82. The zero-order valence-electron chi connectivity index (χ0n) is 11.3. The highest BCUT2D eigenvalue weighted by Gasteiger charge is 2.27. The predicted octanol–water partition coefficient (Wildman–Crippen LogP) is 2.74. The van der Waals surface area contributed by atoms with Gasteiger partial charge >= 0.3 is 0 Å². The first-order valence-electron chi connectivity index (χ1n) is 6.23. The Kier molecular flexibility index (Phi) is 4.92. The van der Waals surface area contributed by atoms with Gasteiger partial charge < -0.3 is 0 Å².